The molecule has 1 fully saturated rings. The molecule has 0 saturated carbocycles. The van der Waals surface area contributed by atoms with E-state index in [1.807, 2.05) is 0 Å². The Morgan fingerprint density at radius 3 is 2.58 bits per heavy atom. The maximum absolute atomic E-state index is 10.7. The second-order valence-corrected chi connectivity index (χ2v) is 3.01. The number of Topliss-reactive ketones (excluding diaryl/α,β-unsaturated/α-hetero) is 1. The van der Waals surface area contributed by atoms with Crippen LogP contribution in [-0.4, -0.2) is 42.8 Å². The number of amides is 1. The van der Waals surface area contributed by atoms with Crippen LogP contribution in [0.25, 0.3) is 0 Å². The summed E-state index contributed by atoms with van der Waals surface area (Å²) in [6, 6.07) is 0. The number of hydrogen-bond acceptors (Lipinski definition) is 3. The molecule has 1 N–H and O–H groups in total. The topological polar surface area (TPSA) is 49.2 Å². The number of carbonyl (C=O) groups excluding carboxylic acids is 2. The van der Waals surface area contributed by atoms with Crippen LogP contribution >= 0.6 is 0 Å². The van der Waals surface area contributed by atoms with Gasteiger partial charge in [0.25, 0.3) is 5.91 Å². The molecule has 0 aliphatic carbocycles. The van der Waals surface area contributed by atoms with Crippen LogP contribution in [-0.2, 0) is 9.59 Å². The van der Waals surface area contributed by atoms with E-state index < -0.39 is 11.7 Å². The van der Waals surface area contributed by atoms with Crippen LogP contribution < -0.4 is 5.32 Å². The van der Waals surface area contributed by atoms with Crippen molar-refractivity contribution in [3.8, 4) is 0 Å². The lowest BCUT2D eigenvalue weighted by Crippen LogP contribution is -2.30. The summed E-state index contributed by atoms with van der Waals surface area (Å²) in [5, 5.41) is 2.55. The van der Waals surface area contributed by atoms with E-state index in [0.717, 1.165) is 13.0 Å². The second-order valence-electron chi connectivity index (χ2n) is 3.01. The number of hydrogen-bond donors (Lipinski definition) is 1. The van der Waals surface area contributed by atoms with Crippen molar-refractivity contribution in [2.75, 3.05) is 26.2 Å². The van der Waals surface area contributed by atoms with Crippen molar-refractivity contribution >= 4 is 11.7 Å². The molecule has 0 aromatic rings. The van der Waals surface area contributed by atoms with E-state index in [1.54, 1.807) is 0 Å². The maximum Gasteiger partial charge on any atom is 0.287 e. The van der Waals surface area contributed by atoms with Gasteiger partial charge in [-0.05, 0) is 13.0 Å². The molecule has 0 radical (unpaired) electrons. The highest BCUT2D eigenvalue weighted by Gasteiger charge is 2.15. The predicted molar refractivity (Wildman–Crippen MR) is 44.7 cm³/mol. The Hall–Kier alpha value is -0.900. The van der Waals surface area contributed by atoms with Crippen LogP contribution in [0.4, 0.5) is 0 Å². The fraction of sp³-hybridized carbons (Fsp3) is 0.750. The zero-order valence-corrected chi connectivity index (χ0v) is 7.30. The molecular formula is C8H14N2O2. The van der Waals surface area contributed by atoms with E-state index in [4.69, 9.17) is 0 Å². The van der Waals surface area contributed by atoms with E-state index in [1.165, 1.54) is 20.0 Å². The summed E-state index contributed by atoms with van der Waals surface area (Å²) in [6.07, 6.45) is 0.930. The van der Waals surface area contributed by atoms with E-state index in [-0.39, 0.29) is 0 Å². The van der Waals surface area contributed by atoms with Crippen LogP contribution in [0, 0.1) is 0 Å². The van der Waals surface area contributed by atoms with E-state index >= 15 is 0 Å². The normalized spacial score (nSPS) is 15.8. The van der Waals surface area contributed by atoms with Gasteiger partial charge in [0, 0.05) is 26.6 Å². The number of ketones is 1. The molecule has 12 heavy (non-hydrogen) atoms. The average Bonchev–Trinajstić information content (AvgIpc) is 2.80. The summed E-state index contributed by atoms with van der Waals surface area (Å²) in [6.45, 7) is 5.27. The molecule has 0 atom stereocenters. The minimum atomic E-state index is -0.471. The predicted octanol–water partition coefficient (Wildman–Crippen LogP) is -0.603. The van der Waals surface area contributed by atoms with Gasteiger partial charge in [0.15, 0.2) is 0 Å². The zero-order valence-electron chi connectivity index (χ0n) is 7.30. The Labute approximate surface area is 71.9 Å². The number of carbonyl (C=O) groups is 2. The molecular weight excluding hydrogens is 156 g/mol. The summed E-state index contributed by atoms with van der Waals surface area (Å²) >= 11 is 0. The quantitative estimate of drug-likeness (QED) is 0.340. The molecule has 4 heteroatoms. The van der Waals surface area contributed by atoms with Crippen molar-refractivity contribution < 1.29 is 9.59 Å². The molecule has 1 aliphatic rings. The third kappa shape index (κ3) is 3.48. The van der Waals surface area contributed by atoms with E-state index in [2.05, 4.69) is 10.2 Å². The third-order valence-electron chi connectivity index (χ3n) is 1.80. The first-order valence-electron chi connectivity index (χ1n) is 4.21. The molecule has 1 amide bonds. The van der Waals surface area contributed by atoms with Crippen LogP contribution in [0.1, 0.15) is 13.3 Å². The Morgan fingerprint density at radius 1 is 1.42 bits per heavy atom. The van der Waals surface area contributed by atoms with Gasteiger partial charge in [-0.2, -0.15) is 0 Å². The van der Waals surface area contributed by atoms with Crippen LogP contribution in [0.15, 0.2) is 0 Å². The molecule has 68 valence electrons. The largest absolute Gasteiger partial charge is 0.349 e. The second kappa shape index (κ2) is 4.21. The molecule has 1 rings (SSSR count). The van der Waals surface area contributed by atoms with Gasteiger partial charge >= 0.3 is 0 Å². The van der Waals surface area contributed by atoms with Crippen LogP contribution in [0.5, 0.6) is 0 Å². The van der Waals surface area contributed by atoms with Gasteiger partial charge in [0.2, 0.25) is 5.78 Å². The van der Waals surface area contributed by atoms with E-state index in [0.29, 0.717) is 6.54 Å². The van der Waals surface area contributed by atoms with Crippen molar-refractivity contribution in [1.82, 2.24) is 10.2 Å². The molecule has 0 aromatic carbocycles. The highest BCUT2D eigenvalue weighted by Crippen LogP contribution is 2.02. The molecule has 0 unspecified atom stereocenters. The van der Waals surface area contributed by atoms with Gasteiger partial charge in [0.05, 0.1) is 0 Å². The van der Waals surface area contributed by atoms with Crippen LogP contribution in [0.2, 0.25) is 0 Å². The monoisotopic (exact) mass is 170 g/mol. The Kier molecular flexibility index (Phi) is 3.22. The minimum absolute atomic E-state index is 0.415. The van der Waals surface area contributed by atoms with E-state index in [9.17, 15) is 9.59 Å². The number of rotatable bonds is 5. The van der Waals surface area contributed by atoms with Gasteiger partial charge < -0.3 is 10.2 Å². The first-order chi connectivity index (χ1) is 5.70. The molecule has 1 saturated heterocycles. The Bertz CT molecular complexity index is 187. The van der Waals surface area contributed by atoms with Crippen molar-refractivity contribution in [2.24, 2.45) is 0 Å². The summed E-state index contributed by atoms with van der Waals surface area (Å²) in [5.41, 5.74) is 0. The Balaban J connectivity index is 1.93. The van der Waals surface area contributed by atoms with Crippen molar-refractivity contribution in [3.05, 3.63) is 0 Å². The fourth-order valence-corrected chi connectivity index (χ4v) is 0.923. The highest BCUT2D eigenvalue weighted by atomic mass is 16.2. The number of nitrogens with one attached hydrogen (secondary N) is 1. The fourth-order valence-electron chi connectivity index (χ4n) is 0.923. The van der Waals surface area contributed by atoms with Crippen molar-refractivity contribution in [3.63, 3.8) is 0 Å². The number of nitrogens with zero attached hydrogens (tertiary/aromatic N) is 1. The van der Waals surface area contributed by atoms with Crippen molar-refractivity contribution in [1.29, 1.82) is 0 Å². The lowest BCUT2D eigenvalue weighted by molar-refractivity contribution is -0.136. The lowest BCUT2D eigenvalue weighted by Gasteiger charge is -2.02. The first-order valence-corrected chi connectivity index (χ1v) is 4.21. The van der Waals surface area contributed by atoms with Gasteiger partial charge in [-0.15, -0.1) is 0 Å². The summed E-state index contributed by atoms with van der Waals surface area (Å²) in [4.78, 5) is 23.5. The summed E-state index contributed by atoms with van der Waals surface area (Å²) < 4.78 is 0. The lowest BCUT2D eigenvalue weighted by atomic mass is 10.4. The van der Waals surface area contributed by atoms with Gasteiger partial charge in [-0.25, -0.2) is 0 Å². The van der Waals surface area contributed by atoms with Gasteiger partial charge in [0.1, 0.15) is 0 Å². The maximum atomic E-state index is 10.7. The minimum Gasteiger partial charge on any atom is -0.349 e. The molecule has 1 heterocycles. The molecule has 4 nitrogen and oxygen atoms in total. The van der Waals surface area contributed by atoms with Crippen molar-refractivity contribution in [2.45, 2.75) is 13.3 Å². The summed E-state index contributed by atoms with van der Waals surface area (Å²) in [7, 11) is 0. The first kappa shape index (κ1) is 9.19. The average molecular weight is 170 g/mol. The zero-order chi connectivity index (χ0) is 8.97. The Morgan fingerprint density at radius 2 is 2.08 bits per heavy atom. The SMILES string of the molecule is CC(=O)C(=O)NCCCN1CC1. The third-order valence-corrected chi connectivity index (χ3v) is 1.80. The smallest absolute Gasteiger partial charge is 0.287 e. The van der Waals surface area contributed by atoms with Crippen LogP contribution in [0.3, 0.4) is 0 Å². The molecule has 0 spiro atoms. The van der Waals surface area contributed by atoms with Gasteiger partial charge in [-0.3, -0.25) is 9.59 Å². The van der Waals surface area contributed by atoms with Gasteiger partial charge in [-0.1, -0.05) is 0 Å². The standard InChI is InChI=1S/C8H14N2O2/c1-7(11)8(12)9-3-2-4-10-5-6-10/h2-6H2,1H3,(H,9,12). The summed E-state index contributed by atoms with van der Waals surface area (Å²) in [5.74, 6) is -0.887. The molecule has 0 bridgehead atoms. The highest BCUT2D eigenvalue weighted by molar-refractivity contribution is 6.35. The molecule has 0 aromatic heterocycles. The molecule has 1 aliphatic heterocycles.